The standard InChI is InChI=1S/C8H14O2/c1-2-10-6-7-3-4-8(9)5-7/h5,8-9H,2-4,6H2,1H3. The van der Waals surface area contributed by atoms with E-state index in [0.29, 0.717) is 6.61 Å². The SMILES string of the molecule is CCOCC1=CC(O)CC1. The molecule has 0 saturated heterocycles. The Kier molecular flexibility index (Phi) is 2.90. The van der Waals surface area contributed by atoms with Gasteiger partial charge in [-0.25, -0.2) is 0 Å². The lowest BCUT2D eigenvalue weighted by Crippen LogP contribution is -1.95. The van der Waals surface area contributed by atoms with E-state index in [1.807, 2.05) is 13.0 Å². The number of hydrogen-bond donors (Lipinski definition) is 1. The molecule has 1 atom stereocenters. The lowest BCUT2D eigenvalue weighted by molar-refractivity contribution is 0.169. The average molecular weight is 142 g/mol. The molecule has 58 valence electrons. The third-order valence-electron chi connectivity index (χ3n) is 1.68. The van der Waals surface area contributed by atoms with Crippen molar-refractivity contribution in [3.63, 3.8) is 0 Å². The van der Waals surface area contributed by atoms with Gasteiger partial charge in [-0.3, -0.25) is 0 Å². The van der Waals surface area contributed by atoms with Crippen molar-refractivity contribution in [1.82, 2.24) is 0 Å². The highest BCUT2D eigenvalue weighted by Crippen LogP contribution is 2.17. The number of aliphatic hydroxyl groups excluding tert-OH is 1. The summed E-state index contributed by atoms with van der Waals surface area (Å²) in [4.78, 5) is 0. The minimum absolute atomic E-state index is 0.213. The van der Waals surface area contributed by atoms with Crippen LogP contribution in [0.5, 0.6) is 0 Å². The van der Waals surface area contributed by atoms with Gasteiger partial charge < -0.3 is 9.84 Å². The number of ether oxygens (including phenoxy) is 1. The molecule has 0 aromatic rings. The first-order valence-electron chi connectivity index (χ1n) is 3.78. The van der Waals surface area contributed by atoms with E-state index >= 15 is 0 Å². The van der Waals surface area contributed by atoms with Gasteiger partial charge in [0.15, 0.2) is 0 Å². The smallest absolute Gasteiger partial charge is 0.0727 e. The van der Waals surface area contributed by atoms with E-state index in [4.69, 9.17) is 9.84 Å². The van der Waals surface area contributed by atoms with Gasteiger partial charge >= 0.3 is 0 Å². The molecule has 10 heavy (non-hydrogen) atoms. The van der Waals surface area contributed by atoms with Crippen molar-refractivity contribution in [2.75, 3.05) is 13.2 Å². The Labute approximate surface area is 61.5 Å². The van der Waals surface area contributed by atoms with Gasteiger partial charge in [0.25, 0.3) is 0 Å². The van der Waals surface area contributed by atoms with E-state index in [0.717, 1.165) is 19.4 Å². The first-order chi connectivity index (χ1) is 4.83. The van der Waals surface area contributed by atoms with Crippen LogP contribution in [-0.4, -0.2) is 24.4 Å². The first kappa shape index (κ1) is 7.76. The van der Waals surface area contributed by atoms with Crippen molar-refractivity contribution >= 4 is 0 Å². The highest BCUT2D eigenvalue weighted by atomic mass is 16.5. The molecule has 0 bridgehead atoms. The molecule has 0 spiro atoms. The van der Waals surface area contributed by atoms with Gasteiger partial charge in [0.1, 0.15) is 0 Å². The number of hydrogen-bond acceptors (Lipinski definition) is 2. The van der Waals surface area contributed by atoms with Gasteiger partial charge in [-0.05, 0) is 25.3 Å². The molecule has 1 aliphatic rings. The molecule has 2 heteroatoms. The van der Waals surface area contributed by atoms with Crippen LogP contribution in [0.15, 0.2) is 11.6 Å². The minimum atomic E-state index is -0.213. The van der Waals surface area contributed by atoms with Crippen molar-refractivity contribution in [3.8, 4) is 0 Å². The first-order valence-corrected chi connectivity index (χ1v) is 3.78. The fourth-order valence-electron chi connectivity index (χ4n) is 1.13. The maximum absolute atomic E-state index is 9.07. The predicted molar refractivity (Wildman–Crippen MR) is 39.8 cm³/mol. The predicted octanol–water partition coefficient (Wildman–Crippen LogP) is 1.10. The van der Waals surface area contributed by atoms with Crippen LogP contribution in [0.4, 0.5) is 0 Å². The Morgan fingerprint density at radius 1 is 1.80 bits per heavy atom. The van der Waals surface area contributed by atoms with Crippen LogP contribution in [0.2, 0.25) is 0 Å². The zero-order chi connectivity index (χ0) is 7.40. The summed E-state index contributed by atoms with van der Waals surface area (Å²) in [5, 5.41) is 9.07. The molecule has 2 nitrogen and oxygen atoms in total. The Morgan fingerprint density at radius 2 is 2.60 bits per heavy atom. The highest BCUT2D eigenvalue weighted by molar-refractivity contribution is 5.11. The molecule has 0 aromatic heterocycles. The summed E-state index contributed by atoms with van der Waals surface area (Å²) in [6, 6.07) is 0. The Morgan fingerprint density at radius 3 is 3.10 bits per heavy atom. The normalized spacial score (nSPS) is 25.0. The Bertz CT molecular complexity index is 129. The quantitative estimate of drug-likeness (QED) is 0.598. The second-order valence-corrected chi connectivity index (χ2v) is 2.57. The zero-order valence-corrected chi connectivity index (χ0v) is 6.34. The molecular weight excluding hydrogens is 128 g/mol. The van der Waals surface area contributed by atoms with E-state index in [1.165, 1.54) is 5.57 Å². The van der Waals surface area contributed by atoms with Crippen molar-refractivity contribution in [3.05, 3.63) is 11.6 Å². The maximum Gasteiger partial charge on any atom is 0.0727 e. The molecule has 0 aromatic carbocycles. The fourth-order valence-corrected chi connectivity index (χ4v) is 1.13. The van der Waals surface area contributed by atoms with E-state index in [-0.39, 0.29) is 6.10 Å². The van der Waals surface area contributed by atoms with Crippen molar-refractivity contribution in [2.24, 2.45) is 0 Å². The summed E-state index contributed by atoms with van der Waals surface area (Å²) in [5.41, 5.74) is 1.24. The second-order valence-electron chi connectivity index (χ2n) is 2.57. The monoisotopic (exact) mass is 142 g/mol. The Hall–Kier alpha value is -0.340. The van der Waals surface area contributed by atoms with Crippen LogP contribution in [0.25, 0.3) is 0 Å². The third kappa shape index (κ3) is 2.12. The van der Waals surface area contributed by atoms with Crippen LogP contribution < -0.4 is 0 Å². The molecule has 0 heterocycles. The van der Waals surface area contributed by atoms with Crippen LogP contribution in [0.1, 0.15) is 19.8 Å². The van der Waals surface area contributed by atoms with Gasteiger partial charge in [0.05, 0.1) is 12.7 Å². The van der Waals surface area contributed by atoms with Crippen molar-refractivity contribution < 1.29 is 9.84 Å². The van der Waals surface area contributed by atoms with Gasteiger partial charge in [0.2, 0.25) is 0 Å². The van der Waals surface area contributed by atoms with Crippen molar-refractivity contribution in [2.45, 2.75) is 25.9 Å². The number of aliphatic hydroxyl groups is 1. The summed E-state index contributed by atoms with van der Waals surface area (Å²) in [5.74, 6) is 0. The molecule has 1 rings (SSSR count). The molecule has 1 aliphatic carbocycles. The summed E-state index contributed by atoms with van der Waals surface area (Å²) in [6.45, 7) is 3.44. The molecule has 1 N–H and O–H groups in total. The zero-order valence-electron chi connectivity index (χ0n) is 6.34. The van der Waals surface area contributed by atoms with Gasteiger partial charge in [-0.1, -0.05) is 6.08 Å². The van der Waals surface area contributed by atoms with Crippen molar-refractivity contribution in [1.29, 1.82) is 0 Å². The summed E-state index contributed by atoms with van der Waals surface area (Å²) in [6.07, 6.45) is 3.56. The van der Waals surface area contributed by atoms with Gasteiger partial charge in [-0.15, -0.1) is 0 Å². The van der Waals surface area contributed by atoms with E-state index in [2.05, 4.69) is 0 Å². The van der Waals surface area contributed by atoms with Crippen LogP contribution >= 0.6 is 0 Å². The van der Waals surface area contributed by atoms with Gasteiger partial charge in [0, 0.05) is 6.61 Å². The van der Waals surface area contributed by atoms with Crippen LogP contribution in [0, 0.1) is 0 Å². The molecular formula is C8H14O2. The molecule has 0 radical (unpaired) electrons. The molecule has 0 fully saturated rings. The molecule has 1 unspecified atom stereocenters. The molecule has 0 amide bonds. The summed E-state index contributed by atoms with van der Waals surface area (Å²) < 4.78 is 5.19. The highest BCUT2D eigenvalue weighted by Gasteiger charge is 2.11. The van der Waals surface area contributed by atoms with Crippen LogP contribution in [-0.2, 0) is 4.74 Å². The fraction of sp³-hybridized carbons (Fsp3) is 0.750. The lowest BCUT2D eigenvalue weighted by atomic mass is 10.2. The third-order valence-corrected chi connectivity index (χ3v) is 1.68. The Balaban J connectivity index is 2.22. The van der Waals surface area contributed by atoms with Gasteiger partial charge in [-0.2, -0.15) is 0 Å². The molecule has 0 saturated carbocycles. The molecule has 0 aliphatic heterocycles. The average Bonchev–Trinajstić information content (AvgIpc) is 2.31. The van der Waals surface area contributed by atoms with E-state index < -0.39 is 0 Å². The summed E-state index contributed by atoms with van der Waals surface area (Å²) in [7, 11) is 0. The summed E-state index contributed by atoms with van der Waals surface area (Å²) >= 11 is 0. The lowest BCUT2D eigenvalue weighted by Gasteiger charge is -1.99. The maximum atomic E-state index is 9.07. The minimum Gasteiger partial charge on any atom is -0.389 e. The van der Waals surface area contributed by atoms with E-state index in [1.54, 1.807) is 0 Å². The van der Waals surface area contributed by atoms with E-state index in [9.17, 15) is 0 Å². The topological polar surface area (TPSA) is 29.5 Å². The number of rotatable bonds is 3. The largest absolute Gasteiger partial charge is 0.389 e. The second kappa shape index (κ2) is 3.74. The van der Waals surface area contributed by atoms with Crippen LogP contribution in [0.3, 0.4) is 0 Å².